The van der Waals surface area contributed by atoms with E-state index in [1.807, 2.05) is 0 Å². The molecule has 2 heteroatoms. The average molecular weight is 184 g/mol. The van der Waals surface area contributed by atoms with E-state index in [2.05, 4.69) is 6.92 Å². The lowest BCUT2D eigenvalue weighted by molar-refractivity contribution is -0.146. The Bertz CT molecular complexity index is 157. The zero-order chi connectivity index (χ0) is 9.68. The van der Waals surface area contributed by atoms with Gasteiger partial charge in [0.1, 0.15) is 0 Å². The third-order valence-electron chi connectivity index (χ3n) is 3.08. The summed E-state index contributed by atoms with van der Waals surface area (Å²) in [4.78, 5) is 11.2. The normalized spacial score (nSPS) is 28.5. The molecule has 1 rings (SSSR count). The summed E-state index contributed by atoms with van der Waals surface area (Å²) in [5.41, 5.74) is 0. The molecule has 1 aliphatic carbocycles. The van der Waals surface area contributed by atoms with Gasteiger partial charge in [-0.15, -0.1) is 0 Å². The van der Waals surface area contributed by atoms with Gasteiger partial charge in [-0.05, 0) is 31.6 Å². The first-order chi connectivity index (χ1) is 6.27. The Balaban J connectivity index is 2.26. The van der Waals surface area contributed by atoms with E-state index in [0.717, 1.165) is 18.8 Å². The molecule has 0 heterocycles. The summed E-state index contributed by atoms with van der Waals surface area (Å²) < 4.78 is 4.75. The number of methoxy groups -OCH3 is 1. The maximum Gasteiger partial charge on any atom is 0.308 e. The summed E-state index contributed by atoms with van der Waals surface area (Å²) in [6.07, 6.45) is 7.11. The Morgan fingerprint density at radius 2 is 1.92 bits per heavy atom. The third kappa shape index (κ3) is 3.02. The molecule has 0 bridgehead atoms. The lowest BCUT2D eigenvalue weighted by atomic mass is 9.80. The van der Waals surface area contributed by atoms with E-state index in [1.165, 1.54) is 32.8 Å². The van der Waals surface area contributed by atoms with Crippen LogP contribution in [-0.4, -0.2) is 13.1 Å². The molecule has 1 fully saturated rings. The quantitative estimate of drug-likeness (QED) is 0.630. The highest BCUT2D eigenvalue weighted by Crippen LogP contribution is 2.31. The van der Waals surface area contributed by atoms with E-state index in [0.29, 0.717) is 0 Å². The summed E-state index contributed by atoms with van der Waals surface area (Å²) in [6, 6.07) is 0. The second kappa shape index (κ2) is 5.25. The van der Waals surface area contributed by atoms with Gasteiger partial charge < -0.3 is 4.74 Å². The van der Waals surface area contributed by atoms with Crippen LogP contribution in [0.4, 0.5) is 0 Å². The molecule has 0 aromatic carbocycles. The molecule has 0 atom stereocenters. The second-order valence-corrected chi connectivity index (χ2v) is 4.03. The molecule has 76 valence electrons. The minimum absolute atomic E-state index is 0.00468. The second-order valence-electron chi connectivity index (χ2n) is 4.03. The van der Waals surface area contributed by atoms with E-state index < -0.39 is 0 Å². The number of hydrogen-bond acceptors (Lipinski definition) is 2. The van der Waals surface area contributed by atoms with Gasteiger partial charge >= 0.3 is 5.97 Å². The maximum atomic E-state index is 11.2. The number of carbonyl (C=O) groups excluding carboxylic acids is 1. The van der Waals surface area contributed by atoms with Gasteiger partial charge in [-0.3, -0.25) is 4.79 Å². The fraction of sp³-hybridized carbons (Fsp3) is 0.909. The highest BCUT2D eigenvalue weighted by Gasteiger charge is 2.26. The van der Waals surface area contributed by atoms with Gasteiger partial charge in [0.05, 0.1) is 13.0 Å². The van der Waals surface area contributed by atoms with Crippen LogP contribution in [0.3, 0.4) is 0 Å². The molecule has 0 spiro atoms. The zero-order valence-electron chi connectivity index (χ0n) is 8.71. The standard InChI is InChI=1S/C11H20O2/c1-3-4-9-5-7-10(8-6-9)11(12)13-2/h9-10H,3-8H2,1-2H3/t9-,10-. The fourth-order valence-corrected chi connectivity index (χ4v) is 2.26. The molecule has 0 aromatic heterocycles. The Labute approximate surface area is 80.7 Å². The van der Waals surface area contributed by atoms with Crippen molar-refractivity contribution < 1.29 is 9.53 Å². The Morgan fingerprint density at radius 1 is 1.31 bits per heavy atom. The highest BCUT2D eigenvalue weighted by atomic mass is 16.5. The molecule has 0 amide bonds. The van der Waals surface area contributed by atoms with Crippen molar-refractivity contribution >= 4 is 5.97 Å². The van der Waals surface area contributed by atoms with E-state index in [9.17, 15) is 4.79 Å². The Hall–Kier alpha value is -0.530. The van der Waals surface area contributed by atoms with Crippen LogP contribution in [0.15, 0.2) is 0 Å². The fourth-order valence-electron chi connectivity index (χ4n) is 2.26. The summed E-state index contributed by atoms with van der Waals surface area (Å²) in [6.45, 7) is 2.23. The third-order valence-corrected chi connectivity index (χ3v) is 3.08. The Morgan fingerprint density at radius 3 is 2.38 bits per heavy atom. The predicted molar refractivity (Wildman–Crippen MR) is 52.4 cm³/mol. The molecular formula is C11H20O2. The van der Waals surface area contributed by atoms with Crippen molar-refractivity contribution in [1.82, 2.24) is 0 Å². The van der Waals surface area contributed by atoms with Gasteiger partial charge in [0.25, 0.3) is 0 Å². The van der Waals surface area contributed by atoms with Crippen molar-refractivity contribution in [1.29, 1.82) is 0 Å². The SMILES string of the molecule is CCC[C@H]1CC[C@H](C(=O)OC)CC1. The van der Waals surface area contributed by atoms with E-state index >= 15 is 0 Å². The van der Waals surface area contributed by atoms with Gasteiger partial charge in [-0.1, -0.05) is 19.8 Å². The van der Waals surface area contributed by atoms with Crippen LogP contribution in [0.2, 0.25) is 0 Å². The van der Waals surface area contributed by atoms with Crippen LogP contribution >= 0.6 is 0 Å². The summed E-state index contributed by atoms with van der Waals surface area (Å²) in [5, 5.41) is 0. The van der Waals surface area contributed by atoms with Gasteiger partial charge in [-0.2, -0.15) is 0 Å². The van der Waals surface area contributed by atoms with E-state index in [4.69, 9.17) is 4.74 Å². The molecule has 0 saturated heterocycles. The summed E-state index contributed by atoms with van der Waals surface area (Å²) in [7, 11) is 1.49. The van der Waals surface area contributed by atoms with E-state index in [-0.39, 0.29) is 11.9 Å². The van der Waals surface area contributed by atoms with E-state index in [1.54, 1.807) is 0 Å². The molecule has 13 heavy (non-hydrogen) atoms. The van der Waals surface area contributed by atoms with Crippen molar-refractivity contribution in [3.63, 3.8) is 0 Å². The van der Waals surface area contributed by atoms with Gasteiger partial charge in [0.15, 0.2) is 0 Å². The number of ether oxygens (including phenoxy) is 1. The molecule has 0 aliphatic heterocycles. The van der Waals surface area contributed by atoms with Crippen molar-refractivity contribution in [2.24, 2.45) is 11.8 Å². The van der Waals surface area contributed by atoms with Crippen LogP contribution in [0.1, 0.15) is 45.4 Å². The molecule has 2 nitrogen and oxygen atoms in total. The smallest absolute Gasteiger partial charge is 0.308 e. The topological polar surface area (TPSA) is 26.3 Å². The predicted octanol–water partition coefficient (Wildman–Crippen LogP) is 2.77. The van der Waals surface area contributed by atoms with Crippen LogP contribution in [0.25, 0.3) is 0 Å². The van der Waals surface area contributed by atoms with Crippen molar-refractivity contribution in [3.05, 3.63) is 0 Å². The van der Waals surface area contributed by atoms with Crippen molar-refractivity contribution in [2.75, 3.05) is 7.11 Å². The zero-order valence-corrected chi connectivity index (χ0v) is 8.71. The Kier molecular flexibility index (Phi) is 4.26. The first-order valence-electron chi connectivity index (χ1n) is 5.35. The van der Waals surface area contributed by atoms with Crippen LogP contribution in [0.5, 0.6) is 0 Å². The lowest BCUT2D eigenvalue weighted by Crippen LogP contribution is -2.22. The largest absolute Gasteiger partial charge is 0.469 e. The summed E-state index contributed by atoms with van der Waals surface area (Å²) >= 11 is 0. The summed E-state index contributed by atoms with van der Waals surface area (Å²) in [5.74, 6) is 1.05. The minimum atomic E-state index is -0.00468. The van der Waals surface area contributed by atoms with Crippen LogP contribution < -0.4 is 0 Å². The monoisotopic (exact) mass is 184 g/mol. The average Bonchev–Trinajstić information content (AvgIpc) is 2.18. The number of esters is 1. The molecule has 0 radical (unpaired) electrons. The number of rotatable bonds is 3. The first kappa shape index (κ1) is 10.6. The van der Waals surface area contributed by atoms with Crippen molar-refractivity contribution in [2.45, 2.75) is 45.4 Å². The molecular weight excluding hydrogens is 164 g/mol. The van der Waals surface area contributed by atoms with Crippen LogP contribution in [0, 0.1) is 11.8 Å². The number of hydrogen-bond donors (Lipinski definition) is 0. The molecule has 0 aromatic rings. The van der Waals surface area contributed by atoms with Gasteiger partial charge in [-0.25, -0.2) is 0 Å². The van der Waals surface area contributed by atoms with Crippen molar-refractivity contribution in [3.8, 4) is 0 Å². The first-order valence-corrected chi connectivity index (χ1v) is 5.35. The van der Waals surface area contributed by atoms with Crippen LogP contribution in [-0.2, 0) is 9.53 Å². The maximum absolute atomic E-state index is 11.2. The lowest BCUT2D eigenvalue weighted by Gasteiger charge is -2.26. The highest BCUT2D eigenvalue weighted by molar-refractivity contribution is 5.72. The minimum Gasteiger partial charge on any atom is -0.469 e. The molecule has 1 saturated carbocycles. The molecule has 0 unspecified atom stereocenters. The molecule has 1 aliphatic rings. The van der Waals surface area contributed by atoms with Gasteiger partial charge in [0.2, 0.25) is 0 Å². The van der Waals surface area contributed by atoms with Gasteiger partial charge in [0, 0.05) is 0 Å². The number of carbonyl (C=O) groups is 1. The molecule has 0 N–H and O–H groups in total.